The van der Waals surface area contributed by atoms with Crippen LogP contribution in [0, 0.1) is 0 Å². The first-order valence-corrected chi connectivity index (χ1v) is 6.77. The maximum atomic E-state index is 10.6. The van der Waals surface area contributed by atoms with Gasteiger partial charge in [-0.25, -0.2) is 0 Å². The average Bonchev–Trinajstić information content (AvgIpc) is 2.49. The van der Waals surface area contributed by atoms with Gasteiger partial charge in [0.2, 0.25) is 0 Å². The van der Waals surface area contributed by atoms with Gasteiger partial charge in [0.25, 0.3) is 0 Å². The highest BCUT2D eigenvalue weighted by atomic mass is 16.3. The largest absolute Gasteiger partial charge is 0.387 e. The van der Waals surface area contributed by atoms with Crippen molar-refractivity contribution in [1.29, 1.82) is 0 Å². The molecular formula is C18H20O. The zero-order valence-corrected chi connectivity index (χ0v) is 11.2. The Morgan fingerprint density at radius 3 is 1.95 bits per heavy atom. The summed E-state index contributed by atoms with van der Waals surface area (Å²) in [5.74, 6) is 0.00329. The van der Waals surface area contributed by atoms with Crippen LogP contribution >= 0.6 is 0 Å². The van der Waals surface area contributed by atoms with E-state index >= 15 is 0 Å². The Bertz CT molecular complexity index is 502. The lowest BCUT2D eigenvalue weighted by atomic mass is 9.88. The number of benzene rings is 2. The molecule has 1 heteroatoms. The Morgan fingerprint density at radius 1 is 0.895 bits per heavy atom. The van der Waals surface area contributed by atoms with E-state index in [9.17, 15) is 5.11 Å². The number of aliphatic hydroxyl groups excluding tert-OH is 1. The zero-order valence-electron chi connectivity index (χ0n) is 11.2. The lowest BCUT2D eigenvalue weighted by Crippen LogP contribution is -2.08. The summed E-state index contributed by atoms with van der Waals surface area (Å²) in [5, 5.41) is 10.6. The van der Waals surface area contributed by atoms with Crippen LogP contribution in [0.2, 0.25) is 0 Å². The molecule has 19 heavy (non-hydrogen) atoms. The predicted octanol–water partition coefficient (Wildman–Crippen LogP) is 4.47. The molecule has 0 spiro atoms. The second-order valence-corrected chi connectivity index (χ2v) is 4.63. The first-order valence-electron chi connectivity index (χ1n) is 6.77. The van der Waals surface area contributed by atoms with E-state index in [1.54, 1.807) is 0 Å². The van der Waals surface area contributed by atoms with E-state index in [-0.39, 0.29) is 5.92 Å². The fourth-order valence-electron chi connectivity index (χ4n) is 2.21. The molecule has 0 aromatic heterocycles. The normalized spacial score (nSPS) is 14.4. The number of allylic oxidation sites excluding steroid dienone is 1. The highest BCUT2D eigenvalue weighted by Crippen LogP contribution is 2.32. The van der Waals surface area contributed by atoms with Crippen molar-refractivity contribution in [2.24, 2.45) is 0 Å². The van der Waals surface area contributed by atoms with Crippen LogP contribution in [-0.2, 0) is 0 Å². The second-order valence-electron chi connectivity index (χ2n) is 4.63. The molecule has 0 saturated heterocycles. The van der Waals surface area contributed by atoms with Crippen LogP contribution in [0.4, 0.5) is 0 Å². The monoisotopic (exact) mass is 252 g/mol. The Labute approximate surface area is 115 Å². The molecule has 0 amide bonds. The summed E-state index contributed by atoms with van der Waals surface area (Å²) in [7, 11) is 0. The zero-order chi connectivity index (χ0) is 13.5. The topological polar surface area (TPSA) is 20.2 Å². The van der Waals surface area contributed by atoms with Gasteiger partial charge in [-0.2, -0.15) is 0 Å². The minimum Gasteiger partial charge on any atom is -0.387 e. The van der Waals surface area contributed by atoms with Gasteiger partial charge in [-0.05, 0) is 17.5 Å². The van der Waals surface area contributed by atoms with Gasteiger partial charge in [-0.3, -0.25) is 0 Å². The van der Waals surface area contributed by atoms with Crippen molar-refractivity contribution in [3.05, 3.63) is 83.9 Å². The molecule has 2 rings (SSSR count). The molecule has 2 atom stereocenters. The fourth-order valence-corrected chi connectivity index (χ4v) is 2.21. The third-order valence-electron chi connectivity index (χ3n) is 3.24. The third kappa shape index (κ3) is 3.55. The van der Waals surface area contributed by atoms with Crippen molar-refractivity contribution in [1.82, 2.24) is 0 Å². The smallest absolute Gasteiger partial charge is 0.0893 e. The van der Waals surface area contributed by atoms with Gasteiger partial charge in [-0.1, -0.05) is 79.7 Å². The average molecular weight is 252 g/mol. The summed E-state index contributed by atoms with van der Waals surface area (Å²) in [4.78, 5) is 0. The van der Waals surface area contributed by atoms with Crippen LogP contribution in [0.5, 0.6) is 0 Å². The molecule has 0 fully saturated rings. The molecule has 98 valence electrons. The first-order chi connectivity index (χ1) is 9.33. The summed E-state index contributed by atoms with van der Waals surface area (Å²) in [6.07, 6.45) is 4.69. The van der Waals surface area contributed by atoms with Crippen LogP contribution in [0.3, 0.4) is 0 Å². The minimum atomic E-state index is -0.508. The molecule has 1 nitrogen and oxygen atoms in total. The van der Waals surface area contributed by atoms with Gasteiger partial charge >= 0.3 is 0 Å². The second kappa shape index (κ2) is 6.91. The molecular weight excluding hydrogens is 232 g/mol. The van der Waals surface area contributed by atoms with Crippen molar-refractivity contribution in [3.63, 3.8) is 0 Å². The van der Waals surface area contributed by atoms with E-state index in [1.807, 2.05) is 48.5 Å². The number of hydrogen-bond acceptors (Lipinski definition) is 1. The lowest BCUT2D eigenvalue weighted by Gasteiger charge is -2.21. The number of rotatable bonds is 5. The van der Waals surface area contributed by atoms with E-state index in [2.05, 4.69) is 31.2 Å². The van der Waals surface area contributed by atoms with Crippen LogP contribution < -0.4 is 0 Å². The SMILES string of the molecule is CC/C=C/C(c1ccccc1)C(O)c1ccccc1. The Morgan fingerprint density at radius 2 is 1.42 bits per heavy atom. The van der Waals surface area contributed by atoms with Crippen molar-refractivity contribution < 1.29 is 5.11 Å². The third-order valence-corrected chi connectivity index (χ3v) is 3.24. The molecule has 0 aliphatic heterocycles. The molecule has 0 aliphatic rings. The first kappa shape index (κ1) is 13.6. The molecule has 2 unspecified atom stereocenters. The van der Waals surface area contributed by atoms with E-state index < -0.39 is 6.10 Å². The number of aliphatic hydroxyl groups is 1. The van der Waals surface area contributed by atoms with Crippen LogP contribution in [-0.4, -0.2) is 5.11 Å². The van der Waals surface area contributed by atoms with Gasteiger partial charge < -0.3 is 5.11 Å². The van der Waals surface area contributed by atoms with Crippen LogP contribution in [0.15, 0.2) is 72.8 Å². The van der Waals surface area contributed by atoms with Gasteiger partial charge in [0.15, 0.2) is 0 Å². The molecule has 0 aliphatic carbocycles. The summed E-state index contributed by atoms with van der Waals surface area (Å²) < 4.78 is 0. The van der Waals surface area contributed by atoms with E-state index in [4.69, 9.17) is 0 Å². The lowest BCUT2D eigenvalue weighted by molar-refractivity contribution is 0.161. The molecule has 0 radical (unpaired) electrons. The highest BCUT2D eigenvalue weighted by molar-refractivity contribution is 5.30. The highest BCUT2D eigenvalue weighted by Gasteiger charge is 2.19. The van der Waals surface area contributed by atoms with E-state index in [0.29, 0.717) is 0 Å². The van der Waals surface area contributed by atoms with Crippen molar-refractivity contribution in [3.8, 4) is 0 Å². The Balaban J connectivity index is 2.31. The molecule has 2 aromatic carbocycles. The fraction of sp³-hybridized carbons (Fsp3) is 0.222. The van der Waals surface area contributed by atoms with Gasteiger partial charge in [0.05, 0.1) is 6.10 Å². The number of hydrogen-bond donors (Lipinski definition) is 1. The molecule has 0 heterocycles. The summed E-state index contributed by atoms with van der Waals surface area (Å²) in [6.45, 7) is 2.10. The quantitative estimate of drug-likeness (QED) is 0.778. The maximum absolute atomic E-state index is 10.6. The van der Waals surface area contributed by atoms with E-state index in [1.165, 1.54) is 0 Å². The van der Waals surface area contributed by atoms with Crippen molar-refractivity contribution in [2.75, 3.05) is 0 Å². The summed E-state index contributed by atoms with van der Waals surface area (Å²) in [5.41, 5.74) is 2.10. The molecule has 0 bridgehead atoms. The van der Waals surface area contributed by atoms with E-state index in [0.717, 1.165) is 17.5 Å². The van der Waals surface area contributed by atoms with Gasteiger partial charge in [-0.15, -0.1) is 0 Å². The predicted molar refractivity (Wildman–Crippen MR) is 80.0 cm³/mol. The Hall–Kier alpha value is -1.86. The summed E-state index contributed by atoms with van der Waals surface area (Å²) in [6, 6.07) is 20.0. The van der Waals surface area contributed by atoms with Crippen molar-refractivity contribution >= 4 is 0 Å². The molecule has 1 N–H and O–H groups in total. The summed E-state index contributed by atoms with van der Waals surface area (Å²) >= 11 is 0. The van der Waals surface area contributed by atoms with Crippen molar-refractivity contribution in [2.45, 2.75) is 25.4 Å². The Kier molecular flexibility index (Phi) is 4.93. The van der Waals surface area contributed by atoms with Crippen LogP contribution in [0.1, 0.15) is 36.5 Å². The molecule has 0 saturated carbocycles. The van der Waals surface area contributed by atoms with Gasteiger partial charge in [0.1, 0.15) is 0 Å². The minimum absolute atomic E-state index is 0.00329. The standard InChI is InChI=1S/C18H20O/c1-2-3-14-17(15-10-6-4-7-11-15)18(19)16-12-8-5-9-13-16/h3-14,17-19H,2H2,1H3/b14-3+. The van der Waals surface area contributed by atoms with Gasteiger partial charge in [0, 0.05) is 5.92 Å². The van der Waals surface area contributed by atoms with Crippen LogP contribution in [0.25, 0.3) is 0 Å². The molecule has 2 aromatic rings. The maximum Gasteiger partial charge on any atom is 0.0893 e.